The van der Waals surface area contributed by atoms with Gasteiger partial charge < -0.3 is 0 Å². The van der Waals surface area contributed by atoms with Crippen LogP contribution in [0.4, 0.5) is 4.39 Å². The van der Waals surface area contributed by atoms with Crippen LogP contribution < -0.4 is 0 Å². The molecule has 2 aliphatic carbocycles. The van der Waals surface area contributed by atoms with Gasteiger partial charge in [-0.1, -0.05) is 37.1 Å². The van der Waals surface area contributed by atoms with Gasteiger partial charge >= 0.3 is 0 Å². The van der Waals surface area contributed by atoms with E-state index in [0.717, 1.165) is 17.4 Å². The van der Waals surface area contributed by atoms with Gasteiger partial charge in [-0.2, -0.15) is 14.9 Å². The summed E-state index contributed by atoms with van der Waals surface area (Å²) in [5.41, 5.74) is 2.15. The van der Waals surface area contributed by atoms with Gasteiger partial charge in [0, 0.05) is 0 Å². The van der Waals surface area contributed by atoms with Crippen LogP contribution in [0, 0.1) is 40.4 Å². The minimum Gasteiger partial charge on any atom is -0.195 e. The summed E-state index contributed by atoms with van der Waals surface area (Å²) in [6, 6.07) is 11.9. The summed E-state index contributed by atoms with van der Waals surface area (Å²) < 4.78 is 12.8. The van der Waals surface area contributed by atoms with Crippen molar-refractivity contribution in [3.05, 3.63) is 59.4 Å². The molecular weight excluding hydrogens is 359 g/mol. The van der Waals surface area contributed by atoms with Crippen molar-refractivity contribution in [2.45, 2.75) is 70.1 Å². The van der Waals surface area contributed by atoms with Crippen LogP contribution in [0.1, 0.15) is 81.3 Å². The van der Waals surface area contributed by atoms with Crippen LogP contribution >= 0.6 is 0 Å². The molecule has 0 bridgehead atoms. The summed E-state index contributed by atoms with van der Waals surface area (Å²) in [4.78, 5) is 0. The summed E-state index contributed by atoms with van der Waals surface area (Å²) in [5.74, 6) is 2.21. The number of halogens is 1. The monoisotopic (exact) mass is 390 g/mol. The maximum atomic E-state index is 12.8. The summed E-state index contributed by atoms with van der Waals surface area (Å²) in [6.07, 6.45) is 17.9. The topological polar surface area (TPSA) is 47.6 Å². The Balaban J connectivity index is 1.34. The first kappa shape index (κ1) is 21.3. The summed E-state index contributed by atoms with van der Waals surface area (Å²) in [6.45, 7) is 0. The van der Waals surface area contributed by atoms with E-state index in [-0.39, 0.29) is 0 Å². The Labute approximate surface area is 174 Å². The molecule has 2 aliphatic rings. The van der Waals surface area contributed by atoms with Gasteiger partial charge in [-0.05, 0) is 98.8 Å². The highest BCUT2D eigenvalue weighted by Gasteiger charge is 2.24. The van der Waals surface area contributed by atoms with E-state index in [2.05, 4.69) is 24.3 Å². The summed E-state index contributed by atoms with van der Waals surface area (Å²) in [7, 11) is 0. The molecule has 0 heterocycles. The fraction of sp³-hybridized carbons (Fsp3) is 0.538. The van der Waals surface area contributed by atoms with Crippen LogP contribution in [0.5, 0.6) is 0 Å². The molecule has 29 heavy (non-hydrogen) atoms. The van der Waals surface area contributed by atoms with Crippen molar-refractivity contribution in [2.24, 2.45) is 17.8 Å². The van der Waals surface area contributed by atoms with Gasteiger partial charge in [-0.25, -0.2) is 0 Å². The summed E-state index contributed by atoms with van der Waals surface area (Å²) >= 11 is 0. The van der Waals surface area contributed by atoms with Crippen LogP contribution in [-0.4, -0.2) is 0 Å². The van der Waals surface area contributed by atoms with E-state index in [1.807, 2.05) is 12.1 Å². The van der Waals surface area contributed by atoms with Crippen molar-refractivity contribution in [2.75, 3.05) is 0 Å². The average Bonchev–Trinajstić information content (AvgIpc) is 2.79. The maximum absolute atomic E-state index is 12.8. The molecule has 152 valence electrons. The highest BCUT2D eigenvalue weighted by molar-refractivity contribution is 5.33. The van der Waals surface area contributed by atoms with Crippen LogP contribution in [0.15, 0.2) is 48.3 Å². The molecule has 0 aliphatic heterocycles. The van der Waals surface area contributed by atoms with Gasteiger partial charge in [0.05, 0.1) is 11.6 Å². The molecule has 0 N–H and O–H groups in total. The molecule has 2 saturated carbocycles. The molecule has 2 nitrogen and oxygen atoms in total. The van der Waals surface area contributed by atoms with Gasteiger partial charge in [-0.15, -0.1) is 0 Å². The highest BCUT2D eigenvalue weighted by atomic mass is 19.1. The molecule has 0 aromatic heterocycles. The van der Waals surface area contributed by atoms with Crippen LogP contribution in [0.2, 0.25) is 0 Å². The molecular formula is C26H31FN2. The zero-order valence-corrected chi connectivity index (χ0v) is 17.2. The van der Waals surface area contributed by atoms with Crippen LogP contribution in [-0.2, 0) is 0 Å². The number of nitriles is 2. The Hall–Kier alpha value is -2.39. The van der Waals surface area contributed by atoms with Gasteiger partial charge in [0.2, 0.25) is 0 Å². The van der Waals surface area contributed by atoms with Gasteiger partial charge in [-0.3, -0.25) is 0 Å². The molecule has 3 heteroatoms. The minimum atomic E-state index is -0.719. The Morgan fingerprint density at radius 3 is 2.03 bits per heavy atom. The van der Waals surface area contributed by atoms with Crippen molar-refractivity contribution < 1.29 is 4.39 Å². The van der Waals surface area contributed by atoms with Gasteiger partial charge in [0.1, 0.15) is 6.07 Å². The van der Waals surface area contributed by atoms with E-state index in [1.165, 1.54) is 81.9 Å². The normalized spacial score (nSPS) is 28.0. The van der Waals surface area contributed by atoms with Gasteiger partial charge in [0.25, 0.3) is 0 Å². The zero-order chi connectivity index (χ0) is 20.5. The Morgan fingerprint density at radius 2 is 1.48 bits per heavy atom. The standard InChI is InChI=1S/C26H31FN2/c27-26(19-29)3-1-2-20-4-6-21(7-5-20)8-9-22-10-14-24(15-11-22)25-16-12-23(18-28)13-17-25/h1-3,12-13,16-17,20-22,24H,4-11,14-15H2/b2-1+,26-3-/t20-,21-,22-,24-. The van der Waals surface area contributed by atoms with Crippen molar-refractivity contribution >= 4 is 0 Å². The lowest BCUT2D eigenvalue weighted by atomic mass is 9.74. The first-order chi connectivity index (χ1) is 14.2. The fourth-order valence-electron chi connectivity index (χ4n) is 5.09. The smallest absolute Gasteiger partial charge is 0.195 e. The van der Waals surface area contributed by atoms with E-state index in [1.54, 1.807) is 6.08 Å². The highest BCUT2D eigenvalue weighted by Crippen LogP contribution is 2.39. The Kier molecular flexibility index (Phi) is 8.06. The molecule has 0 radical (unpaired) electrons. The zero-order valence-electron chi connectivity index (χ0n) is 17.2. The molecule has 0 spiro atoms. The van der Waals surface area contributed by atoms with Crippen molar-refractivity contribution in [3.8, 4) is 12.1 Å². The Morgan fingerprint density at radius 1 is 0.897 bits per heavy atom. The first-order valence-corrected chi connectivity index (χ1v) is 11.1. The number of allylic oxidation sites excluding steroid dienone is 4. The average molecular weight is 391 g/mol. The lowest BCUT2D eigenvalue weighted by molar-refractivity contribution is 0.246. The third kappa shape index (κ3) is 6.57. The third-order valence-corrected chi connectivity index (χ3v) is 6.97. The minimum absolute atomic E-state index is 0.539. The van der Waals surface area contributed by atoms with Crippen molar-refractivity contribution in [1.82, 2.24) is 0 Å². The lowest BCUT2D eigenvalue weighted by Crippen LogP contribution is -2.17. The summed E-state index contributed by atoms with van der Waals surface area (Å²) in [5, 5.41) is 17.4. The molecule has 0 unspecified atom stereocenters. The SMILES string of the molecule is N#C/C(F)=C/C=C/[C@H]1CC[C@H](CC[C@H]2CC[C@H](c3ccc(C#N)cc3)CC2)CC1. The van der Waals surface area contributed by atoms with Crippen LogP contribution in [0.3, 0.4) is 0 Å². The number of hydrogen-bond acceptors (Lipinski definition) is 2. The molecule has 1 aromatic carbocycles. The lowest BCUT2D eigenvalue weighted by Gasteiger charge is -2.31. The number of rotatable bonds is 6. The largest absolute Gasteiger partial charge is 0.199 e. The van der Waals surface area contributed by atoms with Crippen LogP contribution in [0.25, 0.3) is 0 Å². The second-order valence-electron chi connectivity index (χ2n) is 8.82. The van der Waals surface area contributed by atoms with E-state index in [9.17, 15) is 4.39 Å². The number of benzene rings is 1. The predicted octanol–water partition coefficient (Wildman–Crippen LogP) is 7.35. The molecule has 3 rings (SSSR count). The molecule has 2 fully saturated rings. The van der Waals surface area contributed by atoms with E-state index < -0.39 is 5.83 Å². The van der Waals surface area contributed by atoms with E-state index in [0.29, 0.717) is 11.8 Å². The third-order valence-electron chi connectivity index (χ3n) is 6.97. The van der Waals surface area contributed by atoms with Crippen molar-refractivity contribution in [1.29, 1.82) is 10.5 Å². The second kappa shape index (κ2) is 11.0. The van der Waals surface area contributed by atoms with E-state index in [4.69, 9.17) is 10.5 Å². The fourth-order valence-corrected chi connectivity index (χ4v) is 5.09. The molecule has 0 atom stereocenters. The number of nitrogens with zero attached hydrogens (tertiary/aromatic N) is 2. The molecule has 0 saturated heterocycles. The number of hydrogen-bond donors (Lipinski definition) is 0. The second-order valence-corrected chi connectivity index (χ2v) is 8.82. The molecule has 0 amide bonds. The van der Waals surface area contributed by atoms with Gasteiger partial charge in [0.15, 0.2) is 5.83 Å². The quantitative estimate of drug-likeness (QED) is 0.376. The van der Waals surface area contributed by atoms with Crippen molar-refractivity contribution in [3.63, 3.8) is 0 Å². The predicted molar refractivity (Wildman–Crippen MR) is 114 cm³/mol. The molecule has 1 aromatic rings. The first-order valence-electron chi connectivity index (χ1n) is 11.1. The Bertz CT molecular complexity index is 777. The maximum Gasteiger partial charge on any atom is 0.199 e. The van der Waals surface area contributed by atoms with E-state index >= 15 is 0 Å².